The average molecular weight is 251 g/mol. The smallest absolute Gasteiger partial charge is 0.101 e. The minimum absolute atomic E-state index is 0.708. The van der Waals surface area contributed by atoms with E-state index in [-0.39, 0.29) is 0 Å². The minimum atomic E-state index is 0.708. The van der Waals surface area contributed by atoms with Gasteiger partial charge in [0.25, 0.3) is 0 Å². The maximum absolute atomic E-state index is 8.91. The van der Waals surface area contributed by atoms with Crippen molar-refractivity contribution in [3.63, 3.8) is 0 Å². The van der Waals surface area contributed by atoms with Crippen LogP contribution in [0.4, 0.5) is 5.69 Å². The molecule has 1 aliphatic carbocycles. The summed E-state index contributed by atoms with van der Waals surface area (Å²) in [5.41, 5.74) is 1.66. The lowest BCUT2D eigenvalue weighted by atomic mass is 10.2. The number of anilines is 1. The molecule has 0 atom stereocenters. The third-order valence-electron chi connectivity index (χ3n) is 2.38. The van der Waals surface area contributed by atoms with Gasteiger partial charge in [-0.2, -0.15) is 5.26 Å². The van der Waals surface area contributed by atoms with E-state index in [9.17, 15) is 0 Å². The largest absolute Gasteiger partial charge is 0.384 e. The fraction of sp³-hybridized carbons (Fsp3) is 0.364. The number of halogens is 1. The molecule has 0 unspecified atom stereocenters. The van der Waals surface area contributed by atoms with Crippen molar-refractivity contribution in [2.45, 2.75) is 12.8 Å². The lowest BCUT2D eigenvalue weighted by Gasteiger charge is -2.07. The summed E-state index contributed by atoms with van der Waals surface area (Å²) in [6.07, 6.45) is 2.65. The van der Waals surface area contributed by atoms with Crippen LogP contribution in [0.2, 0.25) is 0 Å². The Balaban J connectivity index is 2.10. The third kappa shape index (κ3) is 2.27. The highest BCUT2D eigenvalue weighted by atomic mass is 79.9. The first-order valence-electron chi connectivity index (χ1n) is 4.73. The molecular formula is C11H11BrN2. The number of hydrogen-bond acceptors (Lipinski definition) is 2. The Kier molecular flexibility index (Phi) is 2.74. The van der Waals surface area contributed by atoms with E-state index in [1.165, 1.54) is 12.8 Å². The van der Waals surface area contributed by atoms with E-state index >= 15 is 0 Å². The Hall–Kier alpha value is -1.01. The van der Waals surface area contributed by atoms with Crippen LogP contribution in [-0.4, -0.2) is 6.54 Å². The van der Waals surface area contributed by atoms with Gasteiger partial charge in [0, 0.05) is 11.0 Å². The fourth-order valence-electron chi connectivity index (χ4n) is 1.34. The zero-order valence-electron chi connectivity index (χ0n) is 7.76. The van der Waals surface area contributed by atoms with Crippen LogP contribution in [-0.2, 0) is 0 Å². The molecule has 0 aliphatic heterocycles. The van der Waals surface area contributed by atoms with Gasteiger partial charge in [-0.25, -0.2) is 0 Å². The summed E-state index contributed by atoms with van der Waals surface area (Å²) in [4.78, 5) is 0. The molecule has 1 saturated carbocycles. The molecule has 0 saturated heterocycles. The maximum Gasteiger partial charge on any atom is 0.101 e. The number of nitrogens with one attached hydrogen (secondary N) is 1. The first kappa shape index (κ1) is 9.54. The summed E-state index contributed by atoms with van der Waals surface area (Å²) in [5.74, 6) is 0.824. The molecule has 0 bridgehead atoms. The van der Waals surface area contributed by atoms with E-state index in [4.69, 9.17) is 5.26 Å². The van der Waals surface area contributed by atoms with Crippen LogP contribution < -0.4 is 5.32 Å². The van der Waals surface area contributed by atoms with Crippen LogP contribution in [0.5, 0.6) is 0 Å². The molecule has 3 heteroatoms. The van der Waals surface area contributed by atoms with Crippen molar-refractivity contribution < 1.29 is 0 Å². The van der Waals surface area contributed by atoms with Gasteiger partial charge in [-0.3, -0.25) is 0 Å². The van der Waals surface area contributed by atoms with E-state index < -0.39 is 0 Å². The Morgan fingerprint density at radius 1 is 1.50 bits per heavy atom. The van der Waals surface area contributed by atoms with Crippen LogP contribution in [0.1, 0.15) is 18.4 Å². The van der Waals surface area contributed by atoms with Crippen molar-refractivity contribution in [1.82, 2.24) is 0 Å². The quantitative estimate of drug-likeness (QED) is 0.895. The van der Waals surface area contributed by atoms with Gasteiger partial charge in [-0.1, -0.05) is 15.9 Å². The fourth-order valence-corrected chi connectivity index (χ4v) is 1.70. The average Bonchev–Trinajstić information content (AvgIpc) is 2.99. The molecule has 14 heavy (non-hydrogen) atoms. The van der Waals surface area contributed by atoms with Gasteiger partial charge in [0.1, 0.15) is 6.07 Å². The number of benzene rings is 1. The van der Waals surface area contributed by atoms with Crippen LogP contribution >= 0.6 is 15.9 Å². The maximum atomic E-state index is 8.91. The predicted octanol–water partition coefficient (Wildman–Crippen LogP) is 3.14. The Morgan fingerprint density at radius 3 is 2.93 bits per heavy atom. The van der Waals surface area contributed by atoms with E-state index in [2.05, 4.69) is 27.3 Å². The van der Waals surface area contributed by atoms with E-state index in [1.807, 2.05) is 18.2 Å². The van der Waals surface area contributed by atoms with Gasteiger partial charge < -0.3 is 5.32 Å². The summed E-state index contributed by atoms with van der Waals surface area (Å²) in [5, 5.41) is 12.2. The van der Waals surface area contributed by atoms with E-state index in [0.29, 0.717) is 5.56 Å². The zero-order chi connectivity index (χ0) is 9.97. The summed E-state index contributed by atoms with van der Waals surface area (Å²) in [7, 11) is 0. The van der Waals surface area contributed by atoms with Gasteiger partial charge in [0.05, 0.1) is 11.3 Å². The first-order valence-corrected chi connectivity index (χ1v) is 5.52. The monoisotopic (exact) mass is 250 g/mol. The van der Waals surface area contributed by atoms with Gasteiger partial charge in [0.15, 0.2) is 0 Å². The molecule has 0 amide bonds. The molecule has 2 nitrogen and oxygen atoms in total. The van der Waals surface area contributed by atoms with Gasteiger partial charge >= 0.3 is 0 Å². The number of hydrogen-bond donors (Lipinski definition) is 1. The molecule has 2 rings (SSSR count). The second kappa shape index (κ2) is 4.02. The zero-order valence-corrected chi connectivity index (χ0v) is 9.34. The van der Waals surface area contributed by atoms with Crippen molar-refractivity contribution in [3.8, 4) is 6.07 Å². The second-order valence-corrected chi connectivity index (χ2v) is 4.54. The van der Waals surface area contributed by atoms with E-state index in [1.54, 1.807) is 0 Å². The van der Waals surface area contributed by atoms with Crippen molar-refractivity contribution >= 4 is 21.6 Å². The normalized spacial score (nSPS) is 14.9. The van der Waals surface area contributed by atoms with Crippen LogP contribution in [0.15, 0.2) is 22.7 Å². The lowest BCUT2D eigenvalue weighted by molar-refractivity contribution is 0.889. The number of rotatable bonds is 3. The van der Waals surface area contributed by atoms with Crippen molar-refractivity contribution in [2.75, 3.05) is 11.9 Å². The Bertz CT molecular complexity index is 377. The molecule has 0 aromatic heterocycles. The van der Waals surface area contributed by atoms with Crippen LogP contribution in [0.25, 0.3) is 0 Å². The first-order chi connectivity index (χ1) is 6.79. The highest BCUT2D eigenvalue weighted by Gasteiger charge is 2.20. The van der Waals surface area contributed by atoms with E-state index in [0.717, 1.165) is 22.6 Å². The highest BCUT2D eigenvalue weighted by Crippen LogP contribution is 2.29. The summed E-state index contributed by atoms with van der Waals surface area (Å²) in [6, 6.07) is 7.93. The Morgan fingerprint density at radius 2 is 2.29 bits per heavy atom. The van der Waals surface area contributed by atoms with Crippen molar-refractivity contribution in [3.05, 3.63) is 28.2 Å². The Labute approximate surface area is 92.1 Å². The minimum Gasteiger partial charge on any atom is -0.384 e. The SMILES string of the molecule is N#Cc1cc(Br)ccc1NCC1CC1. The summed E-state index contributed by atoms with van der Waals surface area (Å²) in [6.45, 7) is 0.996. The lowest BCUT2D eigenvalue weighted by Crippen LogP contribution is -2.04. The molecule has 1 aliphatic rings. The van der Waals surface area contributed by atoms with Gasteiger partial charge in [-0.05, 0) is 37.0 Å². The van der Waals surface area contributed by atoms with Crippen LogP contribution in [0.3, 0.4) is 0 Å². The van der Waals surface area contributed by atoms with Gasteiger partial charge in [0.2, 0.25) is 0 Å². The molecule has 0 spiro atoms. The van der Waals surface area contributed by atoms with Crippen LogP contribution in [0, 0.1) is 17.2 Å². The molecule has 1 N–H and O–H groups in total. The van der Waals surface area contributed by atoms with Crippen molar-refractivity contribution in [2.24, 2.45) is 5.92 Å². The number of nitrogens with zero attached hydrogens (tertiary/aromatic N) is 1. The predicted molar refractivity (Wildman–Crippen MR) is 60.1 cm³/mol. The third-order valence-corrected chi connectivity index (χ3v) is 2.87. The standard InChI is InChI=1S/C11H11BrN2/c12-10-3-4-11(9(5-10)6-13)14-7-8-1-2-8/h3-5,8,14H,1-2,7H2. The molecule has 0 radical (unpaired) electrons. The van der Waals surface area contributed by atoms with Gasteiger partial charge in [-0.15, -0.1) is 0 Å². The highest BCUT2D eigenvalue weighted by molar-refractivity contribution is 9.10. The summed E-state index contributed by atoms with van der Waals surface area (Å²) < 4.78 is 0.950. The molecule has 1 fully saturated rings. The summed E-state index contributed by atoms with van der Waals surface area (Å²) >= 11 is 3.35. The van der Waals surface area contributed by atoms with Crippen molar-refractivity contribution in [1.29, 1.82) is 5.26 Å². The molecule has 72 valence electrons. The number of nitriles is 1. The molecule has 1 aromatic rings. The second-order valence-electron chi connectivity index (χ2n) is 3.63. The molecule has 1 aromatic carbocycles. The topological polar surface area (TPSA) is 35.8 Å². The molecular weight excluding hydrogens is 240 g/mol. The molecule has 0 heterocycles.